The molecule has 0 saturated heterocycles. The number of nitrogens with two attached hydrogens (primary N) is 1. The third-order valence-electron chi connectivity index (χ3n) is 4.40. The minimum Gasteiger partial charge on any atom is -0.369 e. The molecule has 0 aliphatic carbocycles. The molecule has 2 aromatic rings. The zero-order chi connectivity index (χ0) is 19.1. The van der Waals surface area contributed by atoms with Crippen LogP contribution >= 0.6 is 27.3 Å². The summed E-state index contributed by atoms with van der Waals surface area (Å²) in [5, 5.41) is 0. The molecule has 1 unspecified atom stereocenters. The smallest absolute Gasteiger partial charge is 0.231 e. The summed E-state index contributed by atoms with van der Waals surface area (Å²) in [4.78, 5) is 30.8. The van der Waals surface area contributed by atoms with Crippen molar-refractivity contribution in [3.05, 3.63) is 55.9 Å². The molecule has 1 atom stereocenters. The Morgan fingerprint density at radius 2 is 2.15 bits per heavy atom. The van der Waals surface area contributed by atoms with Crippen LogP contribution < -0.4 is 5.73 Å². The maximum absolute atomic E-state index is 14.5. The fourth-order valence-corrected chi connectivity index (χ4v) is 4.22. The molecule has 2 heterocycles. The first-order valence-corrected chi connectivity index (χ1v) is 9.50. The molecule has 1 amide bonds. The fourth-order valence-electron chi connectivity index (χ4n) is 2.90. The Balaban J connectivity index is 1.93. The van der Waals surface area contributed by atoms with Gasteiger partial charge < -0.3 is 5.73 Å². The predicted molar refractivity (Wildman–Crippen MR) is 103 cm³/mol. The lowest BCUT2D eigenvalue weighted by Gasteiger charge is -2.34. The number of amides is 1. The van der Waals surface area contributed by atoms with Gasteiger partial charge in [-0.3, -0.25) is 14.5 Å². The Labute approximate surface area is 162 Å². The second kappa shape index (κ2) is 6.92. The van der Waals surface area contributed by atoms with E-state index >= 15 is 0 Å². The lowest BCUT2D eigenvalue weighted by atomic mass is 9.86. The Bertz CT molecular complexity index is 927. The second-order valence-corrected chi connectivity index (χ2v) is 8.85. The first-order chi connectivity index (χ1) is 12.2. The minimum absolute atomic E-state index is 0.0103. The molecular formula is C18H17BrFN3O2S. The molecule has 0 fully saturated rings. The molecule has 5 nitrogen and oxygen atoms in total. The van der Waals surface area contributed by atoms with Crippen LogP contribution in [0.15, 0.2) is 39.1 Å². The number of Topliss-reactive ketones (excluding diaryl/α,β-unsaturated/α-hetero) is 1. The van der Waals surface area contributed by atoms with E-state index in [0.29, 0.717) is 10.4 Å². The van der Waals surface area contributed by atoms with Gasteiger partial charge in [-0.05, 0) is 52.7 Å². The van der Waals surface area contributed by atoms with Gasteiger partial charge in [0.25, 0.3) is 0 Å². The molecule has 1 aliphatic rings. The number of hydrogen-bond acceptors (Lipinski definition) is 5. The number of nitrogens with zero attached hydrogens (tertiary/aromatic N) is 2. The monoisotopic (exact) mass is 437 g/mol. The number of guanidine groups is 1. The lowest BCUT2D eigenvalue weighted by molar-refractivity contribution is -0.128. The number of rotatable bonds is 4. The number of carbonyl (C=O) groups excluding carboxylic acids is 2. The van der Waals surface area contributed by atoms with Crippen LogP contribution in [0.4, 0.5) is 4.39 Å². The largest absolute Gasteiger partial charge is 0.369 e. The third kappa shape index (κ3) is 3.57. The van der Waals surface area contributed by atoms with Gasteiger partial charge in [0, 0.05) is 19.0 Å². The van der Waals surface area contributed by atoms with Crippen molar-refractivity contribution in [3.8, 4) is 0 Å². The molecule has 1 aromatic carbocycles. The number of carbonyl (C=O) groups is 2. The molecular weight excluding hydrogens is 421 g/mol. The van der Waals surface area contributed by atoms with Crippen LogP contribution in [0.2, 0.25) is 0 Å². The first kappa shape index (κ1) is 18.7. The van der Waals surface area contributed by atoms with E-state index in [1.54, 1.807) is 25.1 Å². The van der Waals surface area contributed by atoms with Crippen molar-refractivity contribution in [2.24, 2.45) is 10.7 Å². The zero-order valence-electron chi connectivity index (χ0n) is 14.3. The van der Waals surface area contributed by atoms with Crippen molar-refractivity contribution in [1.29, 1.82) is 0 Å². The van der Waals surface area contributed by atoms with Gasteiger partial charge in [0.15, 0.2) is 11.7 Å². The number of aliphatic imine (C=N–C) groups is 1. The molecule has 136 valence electrons. The van der Waals surface area contributed by atoms with Crippen molar-refractivity contribution >= 4 is 44.9 Å². The van der Waals surface area contributed by atoms with Crippen LogP contribution in [0.3, 0.4) is 0 Å². The minimum atomic E-state index is -1.09. The Hall–Kier alpha value is -2.06. The average Bonchev–Trinajstić information content (AvgIpc) is 3.01. The Morgan fingerprint density at radius 1 is 1.42 bits per heavy atom. The van der Waals surface area contributed by atoms with Gasteiger partial charge in [-0.25, -0.2) is 9.38 Å². The number of hydrogen-bond donors (Lipinski definition) is 1. The van der Waals surface area contributed by atoms with Crippen molar-refractivity contribution in [3.63, 3.8) is 0 Å². The van der Waals surface area contributed by atoms with Crippen LogP contribution in [-0.4, -0.2) is 29.6 Å². The van der Waals surface area contributed by atoms with Gasteiger partial charge in [-0.2, -0.15) is 0 Å². The van der Waals surface area contributed by atoms with Crippen molar-refractivity contribution < 1.29 is 14.0 Å². The summed E-state index contributed by atoms with van der Waals surface area (Å²) >= 11 is 4.69. The summed E-state index contributed by atoms with van der Waals surface area (Å²) in [6.07, 6.45) is 0.153. The molecule has 0 saturated carbocycles. The van der Waals surface area contributed by atoms with Crippen molar-refractivity contribution in [1.82, 2.24) is 4.90 Å². The van der Waals surface area contributed by atoms with Gasteiger partial charge in [0.1, 0.15) is 5.82 Å². The topological polar surface area (TPSA) is 75.8 Å². The molecule has 8 heteroatoms. The zero-order valence-corrected chi connectivity index (χ0v) is 16.7. The summed E-state index contributed by atoms with van der Waals surface area (Å²) in [6, 6.07) is 8.06. The van der Waals surface area contributed by atoms with E-state index in [1.165, 1.54) is 29.4 Å². The van der Waals surface area contributed by atoms with E-state index in [0.717, 1.165) is 3.79 Å². The second-order valence-electron chi connectivity index (χ2n) is 6.39. The molecule has 0 bridgehead atoms. The molecule has 26 heavy (non-hydrogen) atoms. The average molecular weight is 438 g/mol. The molecule has 0 spiro atoms. The van der Waals surface area contributed by atoms with Gasteiger partial charge in [-0.1, -0.05) is 6.07 Å². The fraction of sp³-hybridized carbons (Fsp3) is 0.278. The van der Waals surface area contributed by atoms with Crippen LogP contribution in [0.5, 0.6) is 0 Å². The maximum atomic E-state index is 14.5. The number of thiophene rings is 1. The van der Waals surface area contributed by atoms with Crippen LogP contribution in [0, 0.1) is 5.82 Å². The Kier molecular flexibility index (Phi) is 4.98. The molecule has 3 rings (SSSR count). The SMILES string of the molecule is CN1C(=O)CC(C)(c2cc(CC(=O)c3ccc(Br)s3)ccc2F)N=C1N. The van der Waals surface area contributed by atoms with E-state index in [2.05, 4.69) is 20.9 Å². The predicted octanol–water partition coefficient (Wildman–Crippen LogP) is 3.47. The van der Waals surface area contributed by atoms with E-state index < -0.39 is 11.4 Å². The first-order valence-electron chi connectivity index (χ1n) is 7.89. The van der Waals surface area contributed by atoms with Crippen LogP contribution in [0.1, 0.15) is 34.1 Å². The van der Waals surface area contributed by atoms with E-state index in [4.69, 9.17) is 5.73 Å². The number of ketones is 1. The summed E-state index contributed by atoms with van der Waals surface area (Å²) in [5.41, 5.74) is 5.64. The molecule has 2 N–H and O–H groups in total. The molecule has 0 radical (unpaired) electrons. The highest BCUT2D eigenvalue weighted by molar-refractivity contribution is 9.11. The highest BCUT2D eigenvalue weighted by atomic mass is 79.9. The molecule has 1 aliphatic heterocycles. The Morgan fingerprint density at radius 3 is 2.77 bits per heavy atom. The van der Waals surface area contributed by atoms with E-state index in [9.17, 15) is 14.0 Å². The van der Waals surface area contributed by atoms with Gasteiger partial charge in [0.2, 0.25) is 5.91 Å². The van der Waals surface area contributed by atoms with Crippen LogP contribution in [-0.2, 0) is 16.8 Å². The summed E-state index contributed by atoms with van der Waals surface area (Å²) in [7, 11) is 1.53. The summed E-state index contributed by atoms with van der Waals surface area (Å²) in [5.74, 6) is -0.709. The van der Waals surface area contributed by atoms with Crippen molar-refractivity contribution in [2.45, 2.75) is 25.3 Å². The standard InChI is InChI=1S/C18H17BrFN3O2S/c1-18(9-16(25)23(2)17(21)22-18)11-7-10(3-4-12(11)20)8-13(24)14-5-6-15(19)26-14/h3-7H,8-9H2,1-2H3,(H2,21,22). The summed E-state index contributed by atoms with van der Waals surface area (Å²) < 4.78 is 15.4. The normalized spacial score (nSPS) is 20.2. The highest BCUT2D eigenvalue weighted by Gasteiger charge is 2.38. The maximum Gasteiger partial charge on any atom is 0.231 e. The summed E-state index contributed by atoms with van der Waals surface area (Å²) in [6.45, 7) is 1.67. The highest BCUT2D eigenvalue weighted by Crippen LogP contribution is 2.35. The third-order valence-corrected chi connectivity index (χ3v) is 6.06. The lowest BCUT2D eigenvalue weighted by Crippen LogP contribution is -2.47. The number of benzene rings is 1. The van der Waals surface area contributed by atoms with Crippen molar-refractivity contribution in [2.75, 3.05) is 7.05 Å². The number of halogens is 2. The van der Waals surface area contributed by atoms with Crippen LogP contribution in [0.25, 0.3) is 0 Å². The van der Waals surface area contributed by atoms with Gasteiger partial charge >= 0.3 is 0 Å². The quantitative estimate of drug-likeness (QED) is 0.743. The van der Waals surface area contributed by atoms with E-state index in [1.807, 2.05) is 6.07 Å². The molecule has 1 aromatic heterocycles. The van der Waals surface area contributed by atoms with Gasteiger partial charge in [-0.15, -0.1) is 11.3 Å². The van der Waals surface area contributed by atoms with Gasteiger partial charge in [0.05, 0.1) is 20.6 Å². The van der Waals surface area contributed by atoms with E-state index in [-0.39, 0.29) is 36.1 Å².